The third-order valence-corrected chi connectivity index (χ3v) is 5.38. The highest BCUT2D eigenvalue weighted by Gasteiger charge is 2.26. The van der Waals surface area contributed by atoms with E-state index in [1.807, 2.05) is 10.6 Å². The van der Waals surface area contributed by atoms with Crippen LogP contribution in [0.15, 0.2) is 30.5 Å². The number of amides is 2. The number of primary amides is 1. The summed E-state index contributed by atoms with van der Waals surface area (Å²) >= 11 is 0. The van der Waals surface area contributed by atoms with Gasteiger partial charge in [0, 0.05) is 37.4 Å². The van der Waals surface area contributed by atoms with Gasteiger partial charge >= 0.3 is 0 Å². The fraction of sp³-hybridized carbons (Fsp3) is 0.333. The number of rotatable bonds is 5. The molecule has 1 fully saturated rings. The Labute approximate surface area is 172 Å². The van der Waals surface area contributed by atoms with E-state index in [2.05, 4.69) is 15.3 Å². The van der Waals surface area contributed by atoms with Crippen LogP contribution in [0.5, 0.6) is 0 Å². The SMILES string of the molecule is CN(C)C(=O)c1cc2cnc(Nc3ccc(C(N)=O)c(F)c3)nc2n1C1CCCC1. The Hall–Kier alpha value is -3.49. The van der Waals surface area contributed by atoms with E-state index in [0.717, 1.165) is 31.1 Å². The number of nitrogens with one attached hydrogen (secondary N) is 1. The van der Waals surface area contributed by atoms with Crippen molar-refractivity contribution in [3.8, 4) is 0 Å². The molecule has 3 N–H and O–H groups in total. The minimum absolute atomic E-state index is 0.0847. The Morgan fingerprint density at radius 1 is 1.23 bits per heavy atom. The number of carbonyl (C=O) groups is 2. The molecule has 0 aliphatic heterocycles. The fourth-order valence-corrected chi connectivity index (χ4v) is 3.92. The number of nitrogens with zero attached hydrogens (tertiary/aromatic N) is 4. The van der Waals surface area contributed by atoms with E-state index in [-0.39, 0.29) is 23.5 Å². The van der Waals surface area contributed by atoms with Gasteiger partial charge in [0.1, 0.15) is 17.2 Å². The summed E-state index contributed by atoms with van der Waals surface area (Å²) in [6.07, 6.45) is 5.86. The predicted molar refractivity (Wildman–Crippen MR) is 111 cm³/mol. The average molecular weight is 410 g/mol. The van der Waals surface area contributed by atoms with Crippen molar-refractivity contribution in [3.63, 3.8) is 0 Å². The van der Waals surface area contributed by atoms with Crippen LogP contribution in [0.1, 0.15) is 52.6 Å². The zero-order valence-corrected chi connectivity index (χ0v) is 16.9. The minimum atomic E-state index is -0.829. The van der Waals surface area contributed by atoms with Crippen LogP contribution in [-0.4, -0.2) is 45.3 Å². The summed E-state index contributed by atoms with van der Waals surface area (Å²) < 4.78 is 16.1. The molecule has 2 amide bonds. The summed E-state index contributed by atoms with van der Waals surface area (Å²) in [6.45, 7) is 0. The van der Waals surface area contributed by atoms with E-state index < -0.39 is 11.7 Å². The van der Waals surface area contributed by atoms with Gasteiger partial charge in [0.05, 0.1) is 5.56 Å². The lowest BCUT2D eigenvalue weighted by Crippen LogP contribution is -2.25. The van der Waals surface area contributed by atoms with Crippen molar-refractivity contribution < 1.29 is 14.0 Å². The van der Waals surface area contributed by atoms with Crippen LogP contribution in [0.25, 0.3) is 11.0 Å². The molecule has 8 nitrogen and oxygen atoms in total. The Morgan fingerprint density at radius 3 is 2.60 bits per heavy atom. The van der Waals surface area contributed by atoms with Crippen molar-refractivity contribution >= 4 is 34.5 Å². The Bertz CT molecular complexity index is 1130. The average Bonchev–Trinajstić information content (AvgIpc) is 3.34. The molecule has 156 valence electrons. The summed E-state index contributed by atoms with van der Waals surface area (Å²) in [5, 5.41) is 3.73. The molecule has 2 aromatic heterocycles. The Morgan fingerprint density at radius 2 is 1.97 bits per heavy atom. The number of fused-ring (bicyclic) bond motifs is 1. The van der Waals surface area contributed by atoms with Crippen molar-refractivity contribution in [2.45, 2.75) is 31.7 Å². The Balaban J connectivity index is 1.74. The number of aromatic nitrogens is 3. The second-order valence-electron chi connectivity index (χ2n) is 7.69. The Kier molecular flexibility index (Phi) is 5.11. The molecule has 0 atom stereocenters. The maximum absolute atomic E-state index is 14.1. The number of anilines is 2. The molecule has 0 bridgehead atoms. The van der Waals surface area contributed by atoms with Gasteiger partial charge in [0.25, 0.3) is 11.8 Å². The summed E-state index contributed by atoms with van der Waals surface area (Å²) in [4.78, 5) is 34.4. The van der Waals surface area contributed by atoms with Crippen molar-refractivity contribution in [2.24, 2.45) is 5.73 Å². The van der Waals surface area contributed by atoms with Crippen LogP contribution in [0.3, 0.4) is 0 Å². The second kappa shape index (κ2) is 7.74. The number of benzene rings is 1. The molecule has 9 heteroatoms. The summed E-state index contributed by atoms with van der Waals surface area (Å²) in [5.74, 6) is -1.36. The van der Waals surface area contributed by atoms with Gasteiger partial charge in [-0.05, 0) is 37.1 Å². The number of nitrogens with two attached hydrogens (primary N) is 1. The molecular formula is C21H23FN6O2. The lowest BCUT2D eigenvalue weighted by Gasteiger charge is -2.19. The van der Waals surface area contributed by atoms with Crippen LogP contribution in [0, 0.1) is 5.82 Å². The van der Waals surface area contributed by atoms with Gasteiger partial charge < -0.3 is 20.5 Å². The van der Waals surface area contributed by atoms with E-state index in [0.29, 0.717) is 17.0 Å². The third kappa shape index (κ3) is 3.58. The molecule has 2 heterocycles. The highest BCUT2D eigenvalue weighted by molar-refractivity contribution is 5.98. The third-order valence-electron chi connectivity index (χ3n) is 5.38. The monoisotopic (exact) mass is 410 g/mol. The van der Waals surface area contributed by atoms with Crippen LogP contribution in [-0.2, 0) is 0 Å². The molecule has 0 saturated heterocycles. The zero-order chi connectivity index (χ0) is 21.4. The highest BCUT2D eigenvalue weighted by atomic mass is 19.1. The van der Waals surface area contributed by atoms with Gasteiger partial charge in [0.2, 0.25) is 5.95 Å². The number of hydrogen-bond acceptors (Lipinski definition) is 5. The zero-order valence-electron chi connectivity index (χ0n) is 16.9. The van der Waals surface area contributed by atoms with Gasteiger partial charge in [-0.2, -0.15) is 4.98 Å². The van der Waals surface area contributed by atoms with E-state index in [9.17, 15) is 14.0 Å². The molecule has 1 saturated carbocycles. The molecule has 0 radical (unpaired) electrons. The van der Waals surface area contributed by atoms with Gasteiger partial charge in [0.15, 0.2) is 0 Å². The van der Waals surface area contributed by atoms with Crippen LogP contribution in [0.4, 0.5) is 16.0 Å². The topological polar surface area (TPSA) is 106 Å². The molecule has 4 rings (SSSR count). The first-order valence-electron chi connectivity index (χ1n) is 9.81. The molecule has 1 aliphatic rings. The molecule has 1 aliphatic carbocycles. The first-order chi connectivity index (χ1) is 14.3. The fourth-order valence-electron chi connectivity index (χ4n) is 3.92. The van der Waals surface area contributed by atoms with Gasteiger partial charge in [-0.1, -0.05) is 12.8 Å². The first-order valence-corrected chi connectivity index (χ1v) is 9.81. The number of halogens is 1. The highest BCUT2D eigenvalue weighted by Crippen LogP contribution is 2.35. The molecule has 1 aromatic carbocycles. The molecule has 30 heavy (non-hydrogen) atoms. The van der Waals surface area contributed by atoms with Gasteiger partial charge in [-0.25, -0.2) is 9.37 Å². The van der Waals surface area contributed by atoms with E-state index >= 15 is 0 Å². The van der Waals surface area contributed by atoms with E-state index in [4.69, 9.17) is 5.73 Å². The van der Waals surface area contributed by atoms with Crippen molar-refractivity contribution in [2.75, 3.05) is 19.4 Å². The molecule has 0 spiro atoms. The smallest absolute Gasteiger partial charge is 0.270 e. The van der Waals surface area contributed by atoms with Gasteiger partial charge in [-0.15, -0.1) is 0 Å². The first kappa shape index (κ1) is 19.8. The van der Waals surface area contributed by atoms with Crippen LogP contribution < -0.4 is 11.1 Å². The lowest BCUT2D eigenvalue weighted by atomic mass is 10.2. The van der Waals surface area contributed by atoms with Crippen molar-refractivity contribution in [1.29, 1.82) is 0 Å². The molecule has 0 unspecified atom stereocenters. The normalized spacial score (nSPS) is 14.2. The molecule has 3 aromatic rings. The maximum Gasteiger partial charge on any atom is 0.270 e. The van der Waals surface area contributed by atoms with Gasteiger partial charge in [-0.3, -0.25) is 9.59 Å². The van der Waals surface area contributed by atoms with Crippen molar-refractivity contribution in [3.05, 3.63) is 47.5 Å². The summed E-state index contributed by atoms with van der Waals surface area (Å²) in [6, 6.07) is 6.05. The van der Waals surface area contributed by atoms with E-state index in [1.54, 1.807) is 25.2 Å². The standard InChI is InChI=1S/C21H23FN6O2/c1-27(2)20(30)17-9-12-11-24-21(26-19(12)28(17)14-5-3-4-6-14)25-13-7-8-15(18(23)29)16(22)10-13/h7-11,14H,3-6H2,1-2H3,(H2,23,29)(H,24,25,26). The number of hydrogen-bond donors (Lipinski definition) is 2. The molecular weight excluding hydrogens is 387 g/mol. The lowest BCUT2D eigenvalue weighted by molar-refractivity contribution is 0.0815. The quantitative estimate of drug-likeness (QED) is 0.672. The maximum atomic E-state index is 14.1. The van der Waals surface area contributed by atoms with E-state index in [1.165, 1.54) is 18.2 Å². The van der Waals surface area contributed by atoms with Crippen LogP contribution >= 0.6 is 0 Å². The van der Waals surface area contributed by atoms with Crippen molar-refractivity contribution in [1.82, 2.24) is 19.4 Å². The largest absolute Gasteiger partial charge is 0.366 e. The summed E-state index contributed by atoms with van der Waals surface area (Å²) in [5.41, 5.74) is 6.61. The summed E-state index contributed by atoms with van der Waals surface area (Å²) in [7, 11) is 3.45. The number of carbonyl (C=O) groups excluding carboxylic acids is 2. The van der Waals surface area contributed by atoms with Crippen LogP contribution in [0.2, 0.25) is 0 Å². The minimum Gasteiger partial charge on any atom is -0.366 e. The second-order valence-corrected chi connectivity index (χ2v) is 7.69. The predicted octanol–water partition coefficient (Wildman–Crippen LogP) is 3.23.